The number of piperidine rings is 1. The Morgan fingerprint density at radius 1 is 1.06 bits per heavy atom. The highest BCUT2D eigenvalue weighted by molar-refractivity contribution is 5.80. The molecule has 0 bridgehead atoms. The van der Waals surface area contributed by atoms with Crippen molar-refractivity contribution in [3.05, 3.63) is 59.7 Å². The zero-order valence-corrected chi connectivity index (χ0v) is 17.9. The number of aliphatic hydroxyl groups excluding tert-OH is 1. The molecular weight excluding hydrogens is 398 g/mol. The van der Waals surface area contributed by atoms with Crippen LogP contribution in [0.1, 0.15) is 24.0 Å². The minimum atomic E-state index is -1.42. The summed E-state index contributed by atoms with van der Waals surface area (Å²) in [6.07, 6.45) is 0.134. The first-order valence-electron chi connectivity index (χ1n) is 10.3. The van der Waals surface area contributed by atoms with E-state index in [1.54, 1.807) is 25.2 Å². The number of carboxylic acid groups (broad SMARTS) is 1. The van der Waals surface area contributed by atoms with E-state index in [0.717, 1.165) is 11.1 Å². The Hall–Kier alpha value is -3.06. The van der Waals surface area contributed by atoms with Crippen LogP contribution < -0.4 is 9.47 Å². The van der Waals surface area contributed by atoms with Crippen molar-refractivity contribution in [1.82, 2.24) is 4.90 Å². The number of hydrogen-bond donors (Lipinski definition) is 2. The Morgan fingerprint density at radius 2 is 1.77 bits per heavy atom. The smallest absolute Gasteiger partial charge is 0.314 e. The summed E-state index contributed by atoms with van der Waals surface area (Å²) < 4.78 is 10.5. The van der Waals surface area contributed by atoms with Gasteiger partial charge in [0.1, 0.15) is 5.41 Å². The maximum atomic E-state index is 12.9. The normalized spacial score (nSPS) is 20.9. The summed E-state index contributed by atoms with van der Waals surface area (Å²) in [5.41, 5.74) is 0.332. The number of carbonyl (C=O) groups excluding carboxylic acids is 1. The number of carbonyl (C=O) groups is 2. The lowest BCUT2D eigenvalue weighted by Crippen LogP contribution is -2.58. The molecule has 1 heterocycles. The number of ether oxygens (including phenoxy) is 2. The van der Waals surface area contributed by atoms with Gasteiger partial charge in [0.05, 0.1) is 20.3 Å². The number of carboxylic acids is 1. The van der Waals surface area contributed by atoms with Gasteiger partial charge in [0.2, 0.25) is 5.91 Å². The van der Waals surface area contributed by atoms with Crippen molar-refractivity contribution in [3.63, 3.8) is 0 Å². The number of methoxy groups -OCH3 is 2. The lowest BCUT2D eigenvalue weighted by Gasteiger charge is -2.43. The summed E-state index contributed by atoms with van der Waals surface area (Å²) in [6.45, 7) is 0.332. The second-order valence-corrected chi connectivity index (χ2v) is 7.93. The van der Waals surface area contributed by atoms with Gasteiger partial charge >= 0.3 is 5.97 Å². The molecule has 0 unspecified atom stereocenters. The molecule has 1 aliphatic rings. The SMILES string of the molecule is COc1ccc(CCC(=O)N2CC[C@H](O)[C@](Cc3ccccc3)(C(=O)O)C2)cc1OC. The van der Waals surface area contributed by atoms with Crippen molar-refractivity contribution >= 4 is 11.9 Å². The molecule has 7 heteroatoms. The number of benzene rings is 2. The van der Waals surface area contributed by atoms with E-state index in [1.807, 2.05) is 42.5 Å². The summed E-state index contributed by atoms with van der Waals surface area (Å²) >= 11 is 0. The van der Waals surface area contributed by atoms with Crippen LogP contribution in [-0.2, 0) is 22.4 Å². The van der Waals surface area contributed by atoms with Crippen LogP contribution in [0.15, 0.2) is 48.5 Å². The summed E-state index contributed by atoms with van der Waals surface area (Å²) in [5.74, 6) is 0.0117. The fourth-order valence-electron chi connectivity index (χ4n) is 4.16. The van der Waals surface area contributed by atoms with E-state index < -0.39 is 17.5 Å². The number of aliphatic hydroxyl groups is 1. The van der Waals surface area contributed by atoms with Gasteiger partial charge in [0, 0.05) is 19.5 Å². The van der Waals surface area contributed by atoms with E-state index >= 15 is 0 Å². The van der Waals surface area contributed by atoms with Crippen molar-refractivity contribution < 1.29 is 29.3 Å². The Morgan fingerprint density at radius 3 is 2.42 bits per heavy atom. The van der Waals surface area contributed by atoms with E-state index in [0.29, 0.717) is 24.5 Å². The Balaban J connectivity index is 1.71. The van der Waals surface area contributed by atoms with Gasteiger partial charge in [-0.2, -0.15) is 0 Å². The van der Waals surface area contributed by atoms with Crippen molar-refractivity contribution in [3.8, 4) is 11.5 Å². The van der Waals surface area contributed by atoms with Gasteiger partial charge in [0.15, 0.2) is 11.5 Å². The highest BCUT2D eigenvalue weighted by Gasteiger charge is 2.50. The maximum Gasteiger partial charge on any atom is 0.314 e. The van der Waals surface area contributed by atoms with Gasteiger partial charge in [-0.1, -0.05) is 36.4 Å². The zero-order chi connectivity index (χ0) is 22.4. The molecule has 2 aromatic rings. The Bertz CT molecular complexity index is 916. The third-order valence-corrected chi connectivity index (χ3v) is 6.00. The van der Waals surface area contributed by atoms with Crippen molar-refractivity contribution in [2.75, 3.05) is 27.3 Å². The minimum absolute atomic E-state index is 0.0108. The largest absolute Gasteiger partial charge is 0.493 e. The molecule has 0 saturated carbocycles. The molecule has 166 valence electrons. The number of hydrogen-bond acceptors (Lipinski definition) is 5. The molecule has 3 rings (SSSR count). The molecule has 31 heavy (non-hydrogen) atoms. The third kappa shape index (κ3) is 4.99. The average molecular weight is 427 g/mol. The quantitative estimate of drug-likeness (QED) is 0.672. The zero-order valence-electron chi connectivity index (χ0n) is 17.9. The first-order chi connectivity index (χ1) is 14.9. The predicted molar refractivity (Wildman–Crippen MR) is 115 cm³/mol. The molecule has 0 aliphatic carbocycles. The molecule has 0 aromatic heterocycles. The van der Waals surface area contributed by atoms with Crippen LogP contribution in [0.4, 0.5) is 0 Å². The van der Waals surface area contributed by atoms with Crippen LogP contribution in [0.3, 0.4) is 0 Å². The number of nitrogens with zero attached hydrogens (tertiary/aromatic N) is 1. The van der Waals surface area contributed by atoms with Crippen LogP contribution >= 0.6 is 0 Å². The van der Waals surface area contributed by atoms with Gasteiger partial charge in [-0.25, -0.2) is 0 Å². The van der Waals surface area contributed by atoms with Crippen LogP contribution in [0.5, 0.6) is 11.5 Å². The molecule has 1 fully saturated rings. The van der Waals surface area contributed by atoms with Crippen molar-refractivity contribution in [2.45, 2.75) is 31.8 Å². The van der Waals surface area contributed by atoms with Crippen LogP contribution in [0.25, 0.3) is 0 Å². The molecule has 2 aromatic carbocycles. The van der Waals surface area contributed by atoms with E-state index in [-0.39, 0.29) is 31.7 Å². The first kappa shape index (κ1) is 22.6. The molecule has 1 aliphatic heterocycles. The topological polar surface area (TPSA) is 96.3 Å². The second-order valence-electron chi connectivity index (χ2n) is 7.93. The number of rotatable bonds is 8. The van der Waals surface area contributed by atoms with Gasteiger partial charge in [-0.3, -0.25) is 9.59 Å². The van der Waals surface area contributed by atoms with Crippen LogP contribution in [0, 0.1) is 5.41 Å². The van der Waals surface area contributed by atoms with Gasteiger partial charge in [0.25, 0.3) is 0 Å². The maximum absolute atomic E-state index is 12.9. The molecular formula is C24H29NO6. The number of aliphatic carboxylic acids is 1. The lowest BCUT2D eigenvalue weighted by atomic mass is 9.72. The fraction of sp³-hybridized carbons (Fsp3) is 0.417. The highest BCUT2D eigenvalue weighted by Crippen LogP contribution is 2.35. The number of aryl methyl sites for hydroxylation is 1. The molecule has 0 spiro atoms. The number of amides is 1. The van der Waals surface area contributed by atoms with Crippen molar-refractivity contribution in [1.29, 1.82) is 0 Å². The van der Waals surface area contributed by atoms with Crippen LogP contribution in [-0.4, -0.2) is 60.4 Å². The van der Waals surface area contributed by atoms with E-state index in [4.69, 9.17) is 9.47 Å². The molecule has 7 nitrogen and oxygen atoms in total. The Labute approximate surface area is 182 Å². The summed E-state index contributed by atoms with van der Waals surface area (Å²) in [5, 5.41) is 20.6. The fourth-order valence-corrected chi connectivity index (χ4v) is 4.16. The molecule has 0 radical (unpaired) electrons. The third-order valence-electron chi connectivity index (χ3n) is 6.00. The first-order valence-corrected chi connectivity index (χ1v) is 10.3. The van der Waals surface area contributed by atoms with Crippen molar-refractivity contribution in [2.24, 2.45) is 5.41 Å². The van der Waals surface area contributed by atoms with Crippen LogP contribution in [0.2, 0.25) is 0 Å². The minimum Gasteiger partial charge on any atom is -0.493 e. The highest BCUT2D eigenvalue weighted by atomic mass is 16.5. The van der Waals surface area contributed by atoms with Gasteiger partial charge in [-0.15, -0.1) is 0 Å². The molecule has 2 N–H and O–H groups in total. The van der Waals surface area contributed by atoms with E-state index in [1.165, 1.54) is 0 Å². The lowest BCUT2D eigenvalue weighted by molar-refractivity contribution is -0.165. The Kier molecular flexibility index (Phi) is 7.17. The van der Waals surface area contributed by atoms with E-state index in [2.05, 4.69) is 0 Å². The van der Waals surface area contributed by atoms with Gasteiger partial charge in [-0.05, 0) is 42.5 Å². The molecule has 2 atom stereocenters. The second kappa shape index (κ2) is 9.83. The standard InChI is InChI=1S/C24H29NO6/c1-30-19-10-8-17(14-20(19)31-2)9-11-22(27)25-13-12-21(26)24(16-25,23(28)29)15-18-6-4-3-5-7-18/h3-8,10,14,21,26H,9,11-13,15-16H2,1-2H3,(H,28,29)/t21-,24+/m0/s1. The van der Waals surface area contributed by atoms with Gasteiger partial charge < -0.3 is 24.6 Å². The average Bonchev–Trinajstić information content (AvgIpc) is 2.79. The summed E-state index contributed by atoms with van der Waals surface area (Å²) in [6, 6.07) is 14.7. The van der Waals surface area contributed by atoms with E-state index in [9.17, 15) is 19.8 Å². The summed E-state index contributed by atoms with van der Waals surface area (Å²) in [7, 11) is 3.13. The molecule has 1 saturated heterocycles. The summed E-state index contributed by atoms with van der Waals surface area (Å²) in [4.78, 5) is 26.7. The number of likely N-dealkylation sites (tertiary alicyclic amines) is 1. The molecule has 1 amide bonds. The monoisotopic (exact) mass is 427 g/mol. The predicted octanol–water partition coefficient (Wildman–Crippen LogP) is 2.54.